The molecule has 1 atom stereocenters. The van der Waals surface area contributed by atoms with Gasteiger partial charge in [0, 0.05) is 24.2 Å². The Balaban J connectivity index is 2.12. The van der Waals surface area contributed by atoms with E-state index in [2.05, 4.69) is 50.4 Å². The zero-order valence-corrected chi connectivity index (χ0v) is 19.0. The van der Waals surface area contributed by atoms with E-state index in [1.807, 2.05) is 18.7 Å². The molecule has 1 aromatic carbocycles. The number of unbranched alkanes of at least 4 members (excludes halogenated alkanes) is 2. The van der Waals surface area contributed by atoms with Crippen molar-refractivity contribution < 1.29 is 9.53 Å². The van der Waals surface area contributed by atoms with Gasteiger partial charge >= 0.3 is 5.97 Å². The molecule has 0 amide bonds. The maximum atomic E-state index is 13.3. The minimum atomic E-state index is -0.219. The molecule has 0 radical (unpaired) electrons. The number of benzene rings is 1. The lowest BCUT2D eigenvalue weighted by molar-refractivity contribution is -0.139. The fraction of sp³-hybridized carbons (Fsp3) is 0.520. The second kappa shape index (κ2) is 9.96. The summed E-state index contributed by atoms with van der Waals surface area (Å²) in [5.41, 5.74) is 6.17. The van der Waals surface area contributed by atoms with Crippen LogP contribution in [0.4, 0.5) is 5.82 Å². The van der Waals surface area contributed by atoms with Crippen molar-refractivity contribution in [1.29, 1.82) is 0 Å². The van der Waals surface area contributed by atoms with Crippen LogP contribution in [-0.4, -0.2) is 22.4 Å². The number of fused-ring (bicyclic) bond motifs is 1. The summed E-state index contributed by atoms with van der Waals surface area (Å²) in [4.78, 5) is 13.3. The van der Waals surface area contributed by atoms with Crippen LogP contribution >= 0.6 is 0 Å². The molecule has 0 bridgehead atoms. The van der Waals surface area contributed by atoms with Crippen LogP contribution in [0.3, 0.4) is 0 Å². The number of rotatable bonds is 9. The number of allylic oxidation sites excluding steroid dienone is 1. The molecule has 5 heteroatoms. The Morgan fingerprint density at radius 3 is 2.63 bits per heavy atom. The Morgan fingerprint density at radius 2 is 1.93 bits per heavy atom. The number of nitrogens with one attached hydrogen (secondary N) is 1. The number of esters is 1. The molecule has 1 N–H and O–H groups in total. The van der Waals surface area contributed by atoms with Gasteiger partial charge in [0.2, 0.25) is 0 Å². The van der Waals surface area contributed by atoms with E-state index in [1.165, 1.54) is 11.1 Å². The van der Waals surface area contributed by atoms with Crippen molar-refractivity contribution in [2.45, 2.75) is 72.1 Å². The van der Waals surface area contributed by atoms with Gasteiger partial charge in [0.05, 0.1) is 17.9 Å². The molecular formula is C25H35N3O2. The first-order valence-corrected chi connectivity index (χ1v) is 11.3. The Bertz CT molecular complexity index is 926. The van der Waals surface area contributed by atoms with Crippen LogP contribution in [-0.2, 0) is 29.4 Å². The zero-order valence-electron chi connectivity index (χ0n) is 19.0. The highest BCUT2D eigenvalue weighted by molar-refractivity contribution is 5.94. The van der Waals surface area contributed by atoms with Crippen LogP contribution in [0.2, 0.25) is 0 Å². The minimum absolute atomic E-state index is 0.161. The quantitative estimate of drug-likeness (QED) is 0.439. The fourth-order valence-corrected chi connectivity index (χ4v) is 4.39. The molecule has 0 spiro atoms. The second-order valence-corrected chi connectivity index (χ2v) is 8.07. The van der Waals surface area contributed by atoms with Crippen LogP contribution in [0.1, 0.15) is 81.7 Å². The molecule has 5 nitrogen and oxygen atoms in total. The second-order valence-electron chi connectivity index (χ2n) is 8.07. The predicted molar refractivity (Wildman–Crippen MR) is 122 cm³/mol. The van der Waals surface area contributed by atoms with Gasteiger partial charge in [0.15, 0.2) is 0 Å². The van der Waals surface area contributed by atoms with E-state index in [9.17, 15) is 4.79 Å². The van der Waals surface area contributed by atoms with Crippen molar-refractivity contribution in [2.24, 2.45) is 7.05 Å². The van der Waals surface area contributed by atoms with Crippen LogP contribution in [0.25, 0.3) is 0 Å². The Kier molecular flexibility index (Phi) is 7.35. The summed E-state index contributed by atoms with van der Waals surface area (Å²) in [7, 11) is 1.97. The third-order valence-corrected chi connectivity index (χ3v) is 5.88. The molecule has 2 heterocycles. The van der Waals surface area contributed by atoms with Crippen molar-refractivity contribution in [1.82, 2.24) is 9.78 Å². The predicted octanol–water partition coefficient (Wildman–Crippen LogP) is 5.50. The van der Waals surface area contributed by atoms with Crippen LogP contribution in [0, 0.1) is 0 Å². The van der Waals surface area contributed by atoms with Crippen molar-refractivity contribution in [3.63, 3.8) is 0 Å². The monoisotopic (exact) mass is 409 g/mol. The standard InChI is InChI=1S/C25H35N3O2/c1-6-9-12-16-30-25(29)21-17(4)26-24-23(20(13-7-2)27-28(24)5)22(21)19-15-11-10-14-18(19)8-3/h10-11,14-15,22,26H,6-9,12-13,16H2,1-5H3. The number of carbonyl (C=O) groups is 1. The molecule has 0 fully saturated rings. The molecule has 162 valence electrons. The Labute approximate surface area is 180 Å². The Morgan fingerprint density at radius 1 is 1.17 bits per heavy atom. The lowest BCUT2D eigenvalue weighted by Gasteiger charge is -2.30. The fourth-order valence-electron chi connectivity index (χ4n) is 4.39. The van der Waals surface area contributed by atoms with E-state index in [4.69, 9.17) is 9.84 Å². The van der Waals surface area contributed by atoms with Crippen molar-refractivity contribution in [3.05, 3.63) is 57.9 Å². The lowest BCUT2D eigenvalue weighted by Crippen LogP contribution is -2.26. The molecule has 3 rings (SSSR count). The van der Waals surface area contributed by atoms with E-state index in [-0.39, 0.29) is 11.9 Å². The van der Waals surface area contributed by atoms with Gasteiger partial charge in [-0.1, -0.05) is 64.3 Å². The number of hydrogen-bond donors (Lipinski definition) is 1. The molecule has 1 aliphatic rings. The zero-order chi connectivity index (χ0) is 21.7. The summed E-state index contributed by atoms with van der Waals surface area (Å²) in [6.45, 7) is 8.91. The average molecular weight is 410 g/mol. The molecule has 2 aromatic rings. The summed E-state index contributed by atoms with van der Waals surface area (Å²) < 4.78 is 7.65. The molecule has 0 saturated heterocycles. The highest BCUT2D eigenvalue weighted by Gasteiger charge is 2.38. The third-order valence-electron chi connectivity index (χ3n) is 5.88. The summed E-state index contributed by atoms with van der Waals surface area (Å²) in [6.07, 6.45) is 5.87. The third kappa shape index (κ3) is 4.30. The number of hydrogen-bond acceptors (Lipinski definition) is 4. The first kappa shape index (κ1) is 22.1. The van der Waals surface area contributed by atoms with E-state index < -0.39 is 0 Å². The van der Waals surface area contributed by atoms with Crippen molar-refractivity contribution in [3.8, 4) is 0 Å². The summed E-state index contributed by atoms with van der Waals surface area (Å²) in [5.74, 6) is 0.602. The molecular weight excluding hydrogens is 374 g/mol. The van der Waals surface area contributed by atoms with Crippen LogP contribution in [0.5, 0.6) is 0 Å². The molecule has 30 heavy (non-hydrogen) atoms. The number of aromatic nitrogens is 2. The smallest absolute Gasteiger partial charge is 0.336 e. The van der Waals surface area contributed by atoms with Gasteiger partial charge in [-0.15, -0.1) is 0 Å². The number of anilines is 1. The van der Waals surface area contributed by atoms with E-state index in [1.54, 1.807) is 0 Å². The SMILES string of the molecule is CCCCCOC(=O)C1=C(C)Nc2c(c(CCC)nn2C)C1c1ccccc1CC. The molecule has 1 aliphatic heterocycles. The number of ether oxygens (including phenoxy) is 1. The van der Waals surface area contributed by atoms with Gasteiger partial charge < -0.3 is 10.1 Å². The van der Waals surface area contributed by atoms with E-state index >= 15 is 0 Å². The highest BCUT2D eigenvalue weighted by atomic mass is 16.5. The molecule has 0 saturated carbocycles. The number of carbonyl (C=O) groups excluding carboxylic acids is 1. The van der Waals surface area contributed by atoms with Gasteiger partial charge in [-0.25, -0.2) is 4.79 Å². The molecule has 0 aliphatic carbocycles. The minimum Gasteiger partial charge on any atom is -0.462 e. The van der Waals surface area contributed by atoms with Gasteiger partial charge in [-0.05, 0) is 37.3 Å². The van der Waals surface area contributed by atoms with Gasteiger partial charge in [0.25, 0.3) is 0 Å². The lowest BCUT2D eigenvalue weighted by atomic mass is 9.78. The van der Waals surface area contributed by atoms with E-state index in [0.717, 1.165) is 61.3 Å². The molecule has 1 unspecified atom stereocenters. The average Bonchev–Trinajstić information content (AvgIpc) is 3.05. The molecule has 1 aromatic heterocycles. The number of aryl methyl sites for hydroxylation is 3. The summed E-state index contributed by atoms with van der Waals surface area (Å²) in [6, 6.07) is 8.44. The first-order valence-electron chi connectivity index (χ1n) is 11.3. The van der Waals surface area contributed by atoms with Gasteiger partial charge in [-0.3, -0.25) is 4.68 Å². The van der Waals surface area contributed by atoms with Gasteiger partial charge in [-0.2, -0.15) is 5.10 Å². The summed E-state index contributed by atoms with van der Waals surface area (Å²) >= 11 is 0. The first-order chi connectivity index (χ1) is 14.5. The number of nitrogens with zero attached hydrogens (tertiary/aromatic N) is 2. The van der Waals surface area contributed by atoms with Crippen molar-refractivity contribution in [2.75, 3.05) is 11.9 Å². The largest absolute Gasteiger partial charge is 0.462 e. The van der Waals surface area contributed by atoms with Crippen LogP contribution in [0.15, 0.2) is 35.5 Å². The van der Waals surface area contributed by atoms with E-state index in [0.29, 0.717) is 12.2 Å². The maximum Gasteiger partial charge on any atom is 0.336 e. The topological polar surface area (TPSA) is 56.1 Å². The van der Waals surface area contributed by atoms with Crippen LogP contribution < -0.4 is 5.32 Å². The summed E-state index contributed by atoms with van der Waals surface area (Å²) in [5, 5.41) is 8.26. The van der Waals surface area contributed by atoms with Crippen molar-refractivity contribution >= 4 is 11.8 Å². The highest BCUT2D eigenvalue weighted by Crippen LogP contribution is 2.45. The Hall–Kier alpha value is -2.56. The van der Waals surface area contributed by atoms with Gasteiger partial charge in [0.1, 0.15) is 5.82 Å². The normalized spacial score (nSPS) is 15.7. The maximum absolute atomic E-state index is 13.3.